The van der Waals surface area contributed by atoms with Gasteiger partial charge in [0.15, 0.2) is 5.96 Å². The average molecular weight is 292 g/mol. The second-order valence-electron chi connectivity index (χ2n) is 6.14. The van der Waals surface area contributed by atoms with E-state index in [1.807, 2.05) is 18.2 Å². The molecule has 2 saturated carbocycles. The van der Waals surface area contributed by atoms with Gasteiger partial charge in [-0.2, -0.15) is 0 Å². The van der Waals surface area contributed by atoms with Crippen molar-refractivity contribution in [2.24, 2.45) is 16.6 Å². The zero-order chi connectivity index (χ0) is 14.0. The van der Waals surface area contributed by atoms with Crippen LogP contribution in [0.2, 0.25) is 5.02 Å². The Morgan fingerprint density at radius 3 is 2.70 bits per heavy atom. The lowest BCUT2D eigenvalue weighted by Gasteiger charge is -2.25. The molecule has 3 rings (SSSR count). The van der Waals surface area contributed by atoms with Crippen molar-refractivity contribution in [3.8, 4) is 0 Å². The highest BCUT2D eigenvalue weighted by molar-refractivity contribution is 6.31. The van der Waals surface area contributed by atoms with Crippen LogP contribution in [0.1, 0.15) is 37.7 Å². The van der Waals surface area contributed by atoms with Gasteiger partial charge in [0.1, 0.15) is 0 Å². The zero-order valence-corrected chi connectivity index (χ0v) is 12.5. The maximum atomic E-state index is 6.30. The molecule has 0 atom stereocenters. The number of guanidine groups is 1. The number of hydrogen-bond donors (Lipinski definition) is 2. The van der Waals surface area contributed by atoms with Crippen LogP contribution in [-0.2, 0) is 5.41 Å². The number of halogens is 1. The van der Waals surface area contributed by atoms with Crippen molar-refractivity contribution in [2.75, 3.05) is 13.1 Å². The van der Waals surface area contributed by atoms with Gasteiger partial charge in [0.05, 0.1) is 6.54 Å². The topological polar surface area (TPSA) is 50.4 Å². The van der Waals surface area contributed by atoms with Crippen LogP contribution in [0.3, 0.4) is 0 Å². The molecule has 2 fully saturated rings. The maximum Gasteiger partial charge on any atom is 0.188 e. The summed E-state index contributed by atoms with van der Waals surface area (Å²) in [5, 5.41) is 4.09. The van der Waals surface area contributed by atoms with E-state index in [2.05, 4.69) is 16.4 Å². The van der Waals surface area contributed by atoms with Gasteiger partial charge in [-0.05, 0) is 43.2 Å². The van der Waals surface area contributed by atoms with Crippen molar-refractivity contribution in [3.05, 3.63) is 34.9 Å². The van der Waals surface area contributed by atoms with Gasteiger partial charge in [0.25, 0.3) is 0 Å². The van der Waals surface area contributed by atoms with Crippen LogP contribution >= 0.6 is 11.6 Å². The van der Waals surface area contributed by atoms with Crippen molar-refractivity contribution >= 4 is 17.6 Å². The van der Waals surface area contributed by atoms with Gasteiger partial charge >= 0.3 is 0 Å². The van der Waals surface area contributed by atoms with Gasteiger partial charge in [0, 0.05) is 17.0 Å². The normalized spacial score (nSPS) is 21.4. The third kappa shape index (κ3) is 2.93. The number of nitrogens with one attached hydrogen (secondary N) is 1. The second kappa shape index (κ2) is 5.65. The molecule has 4 heteroatoms. The molecule has 0 spiro atoms. The van der Waals surface area contributed by atoms with E-state index >= 15 is 0 Å². The summed E-state index contributed by atoms with van der Waals surface area (Å²) in [6, 6.07) is 8.09. The van der Waals surface area contributed by atoms with Crippen molar-refractivity contribution in [1.29, 1.82) is 0 Å². The van der Waals surface area contributed by atoms with Crippen LogP contribution in [0, 0.1) is 5.92 Å². The Kier molecular flexibility index (Phi) is 3.88. The predicted octanol–water partition coefficient (Wildman–Crippen LogP) is 3.08. The van der Waals surface area contributed by atoms with E-state index in [-0.39, 0.29) is 5.41 Å². The van der Waals surface area contributed by atoms with Gasteiger partial charge in [-0.15, -0.1) is 0 Å². The molecule has 20 heavy (non-hydrogen) atoms. The molecule has 0 amide bonds. The summed E-state index contributed by atoms with van der Waals surface area (Å²) in [4.78, 5) is 4.53. The molecular formula is C16H22ClN3. The molecule has 0 saturated heterocycles. The summed E-state index contributed by atoms with van der Waals surface area (Å²) in [5.74, 6) is 1.37. The molecule has 2 aliphatic rings. The first-order chi connectivity index (χ1) is 9.70. The lowest BCUT2D eigenvalue weighted by molar-refractivity contribution is 0.315. The Hall–Kier alpha value is -1.22. The molecule has 3 nitrogen and oxygen atoms in total. The minimum absolute atomic E-state index is 0.126. The van der Waals surface area contributed by atoms with Gasteiger partial charge in [-0.3, -0.25) is 4.99 Å². The number of hydrogen-bond acceptors (Lipinski definition) is 1. The first kappa shape index (κ1) is 13.7. The molecule has 108 valence electrons. The number of rotatable bonds is 5. The Morgan fingerprint density at radius 1 is 1.35 bits per heavy atom. The summed E-state index contributed by atoms with van der Waals surface area (Å²) in [7, 11) is 0. The van der Waals surface area contributed by atoms with Gasteiger partial charge in [-0.1, -0.05) is 36.2 Å². The Balaban J connectivity index is 1.58. The van der Waals surface area contributed by atoms with Crippen molar-refractivity contribution in [2.45, 2.75) is 37.5 Å². The van der Waals surface area contributed by atoms with Gasteiger partial charge in [-0.25, -0.2) is 0 Å². The number of benzene rings is 1. The summed E-state index contributed by atoms with van der Waals surface area (Å²) < 4.78 is 0. The number of nitrogens with two attached hydrogens (primary N) is 1. The van der Waals surface area contributed by atoms with Crippen LogP contribution in [0.25, 0.3) is 0 Å². The quantitative estimate of drug-likeness (QED) is 0.647. The summed E-state index contributed by atoms with van der Waals surface area (Å²) in [6.45, 7) is 1.70. The Labute approximate surface area is 125 Å². The minimum atomic E-state index is 0.126. The Morgan fingerprint density at radius 2 is 2.10 bits per heavy atom. The van der Waals surface area contributed by atoms with Crippen molar-refractivity contribution in [1.82, 2.24) is 5.32 Å². The zero-order valence-electron chi connectivity index (χ0n) is 11.7. The van der Waals surface area contributed by atoms with Crippen LogP contribution < -0.4 is 11.1 Å². The van der Waals surface area contributed by atoms with Crippen molar-refractivity contribution in [3.63, 3.8) is 0 Å². The molecule has 0 bridgehead atoms. The number of aliphatic imine (C=N–C) groups is 1. The molecule has 1 aromatic carbocycles. The van der Waals surface area contributed by atoms with E-state index in [4.69, 9.17) is 17.3 Å². The fourth-order valence-electron chi connectivity index (χ4n) is 2.79. The highest BCUT2D eigenvalue weighted by Gasteiger charge is 2.45. The van der Waals surface area contributed by atoms with Crippen LogP contribution in [-0.4, -0.2) is 19.0 Å². The van der Waals surface area contributed by atoms with E-state index in [1.54, 1.807) is 0 Å². The first-order valence-corrected chi connectivity index (χ1v) is 7.86. The van der Waals surface area contributed by atoms with E-state index in [9.17, 15) is 0 Å². The fourth-order valence-corrected chi connectivity index (χ4v) is 3.13. The Bertz CT molecular complexity index is 504. The van der Waals surface area contributed by atoms with Gasteiger partial charge in [0.2, 0.25) is 0 Å². The first-order valence-electron chi connectivity index (χ1n) is 7.48. The van der Waals surface area contributed by atoms with E-state index in [1.165, 1.54) is 24.8 Å². The summed E-state index contributed by atoms with van der Waals surface area (Å²) >= 11 is 6.30. The lowest BCUT2D eigenvalue weighted by Crippen LogP contribution is -2.37. The van der Waals surface area contributed by atoms with Gasteiger partial charge < -0.3 is 11.1 Å². The SMILES string of the molecule is NC(=NCC1(c2ccccc2Cl)CC1)NCC1CCC1. The van der Waals surface area contributed by atoms with E-state index in [0.717, 1.165) is 36.9 Å². The average Bonchev–Trinajstić information content (AvgIpc) is 3.16. The largest absolute Gasteiger partial charge is 0.370 e. The van der Waals surface area contributed by atoms with Crippen LogP contribution in [0.4, 0.5) is 0 Å². The lowest BCUT2D eigenvalue weighted by atomic mass is 9.85. The van der Waals surface area contributed by atoms with Crippen LogP contribution in [0.15, 0.2) is 29.3 Å². The van der Waals surface area contributed by atoms with E-state index in [0.29, 0.717) is 5.96 Å². The third-order valence-electron chi connectivity index (χ3n) is 4.65. The minimum Gasteiger partial charge on any atom is -0.370 e. The molecule has 2 aliphatic carbocycles. The molecule has 0 heterocycles. The third-order valence-corrected chi connectivity index (χ3v) is 4.98. The van der Waals surface area contributed by atoms with E-state index < -0.39 is 0 Å². The second-order valence-corrected chi connectivity index (χ2v) is 6.55. The molecular weight excluding hydrogens is 270 g/mol. The standard InChI is InChI=1S/C16H22ClN3/c17-14-7-2-1-6-13(14)16(8-9-16)11-20-15(18)19-10-12-4-3-5-12/h1-2,6-7,12H,3-5,8-11H2,(H3,18,19,20). The molecule has 0 unspecified atom stereocenters. The maximum absolute atomic E-state index is 6.30. The molecule has 3 N–H and O–H groups in total. The predicted molar refractivity (Wildman–Crippen MR) is 84.2 cm³/mol. The molecule has 1 aromatic rings. The highest BCUT2D eigenvalue weighted by Crippen LogP contribution is 2.50. The molecule has 0 aliphatic heterocycles. The monoisotopic (exact) mass is 291 g/mol. The number of nitrogens with zero attached hydrogens (tertiary/aromatic N) is 1. The highest BCUT2D eigenvalue weighted by atomic mass is 35.5. The summed E-state index contributed by atoms with van der Waals surface area (Å²) in [5.41, 5.74) is 7.30. The molecule has 0 aromatic heterocycles. The van der Waals surface area contributed by atoms with Crippen LogP contribution in [0.5, 0.6) is 0 Å². The smallest absolute Gasteiger partial charge is 0.188 e. The molecule has 0 radical (unpaired) electrons. The van der Waals surface area contributed by atoms with Crippen molar-refractivity contribution < 1.29 is 0 Å². The summed E-state index contributed by atoms with van der Waals surface area (Å²) in [6.07, 6.45) is 6.30. The fraction of sp³-hybridized carbons (Fsp3) is 0.562.